The predicted octanol–water partition coefficient (Wildman–Crippen LogP) is 12.1. The van der Waals surface area contributed by atoms with E-state index in [1.165, 1.54) is 71.8 Å². The first-order valence-corrected chi connectivity index (χ1v) is 14.4. The van der Waals surface area contributed by atoms with Crippen molar-refractivity contribution in [3.8, 4) is 11.1 Å². The molecule has 0 aliphatic heterocycles. The van der Waals surface area contributed by atoms with Gasteiger partial charge in [0, 0.05) is 5.41 Å². The van der Waals surface area contributed by atoms with Crippen LogP contribution in [0.4, 0.5) is 0 Å². The summed E-state index contributed by atoms with van der Waals surface area (Å²) in [7, 11) is 0. The lowest BCUT2D eigenvalue weighted by atomic mass is 9.81. The lowest BCUT2D eigenvalue weighted by Gasteiger charge is -2.22. The standard InChI is InChI=1S/C31H22.C3H8.2C2H6/c1-31(2)28-14-13-25-24-10-6-5-7-19(24)11-12-26(25)30(28)27-17-22-15-20-8-3-4-9-21(20)16-23(22)18-29(27)31;1-3-2;2*1-2/h3-18H,1-2H3;3H2,1-2H3;2*1-2H3. The molecular formula is C38H42. The molecule has 0 radical (unpaired) electrons. The minimum absolute atomic E-state index is 0.00959. The number of fused-ring (bicyclic) bond motifs is 9. The van der Waals surface area contributed by atoms with Crippen LogP contribution in [0.1, 0.15) is 72.9 Å². The average molecular weight is 499 g/mol. The van der Waals surface area contributed by atoms with E-state index >= 15 is 0 Å². The highest BCUT2D eigenvalue weighted by Crippen LogP contribution is 2.53. The van der Waals surface area contributed by atoms with Gasteiger partial charge in [-0.05, 0) is 89.6 Å². The molecule has 194 valence electrons. The van der Waals surface area contributed by atoms with Crippen molar-refractivity contribution < 1.29 is 0 Å². The van der Waals surface area contributed by atoms with Crippen molar-refractivity contribution in [3.63, 3.8) is 0 Å². The fourth-order valence-electron chi connectivity index (χ4n) is 5.76. The summed E-state index contributed by atoms with van der Waals surface area (Å²) in [6.45, 7) is 17.0. The normalized spacial score (nSPS) is 12.5. The van der Waals surface area contributed by atoms with E-state index in [1.807, 2.05) is 27.7 Å². The van der Waals surface area contributed by atoms with Gasteiger partial charge in [0.15, 0.2) is 0 Å². The van der Waals surface area contributed by atoms with Gasteiger partial charge in [-0.3, -0.25) is 0 Å². The topological polar surface area (TPSA) is 0 Å². The Morgan fingerprint density at radius 3 is 1.63 bits per heavy atom. The van der Waals surface area contributed by atoms with Crippen LogP contribution in [0.2, 0.25) is 0 Å². The van der Waals surface area contributed by atoms with Gasteiger partial charge in [-0.2, -0.15) is 0 Å². The summed E-state index contributed by atoms with van der Waals surface area (Å²) in [5.74, 6) is 0. The Kier molecular flexibility index (Phi) is 8.22. The van der Waals surface area contributed by atoms with E-state index in [-0.39, 0.29) is 5.41 Å². The van der Waals surface area contributed by atoms with Crippen LogP contribution in [0.3, 0.4) is 0 Å². The third-order valence-electron chi connectivity index (χ3n) is 7.38. The Bertz CT molecular complexity index is 1720. The van der Waals surface area contributed by atoms with Gasteiger partial charge >= 0.3 is 0 Å². The fourth-order valence-corrected chi connectivity index (χ4v) is 5.76. The Morgan fingerprint density at radius 1 is 0.474 bits per heavy atom. The number of benzene rings is 6. The van der Waals surface area contributed by atoms with E-state index < -0.39 is 0 Å². The first kappa shape index (κ1) is 27.4. The van der Waals surface area contributed by atoms with E-state index in [9.17, 15) is 0 Å². The van der Waals surface area contributed by atoms with Crippen molar-refractivity contribution >= 4 is 43.1 Å². The number of rotatable bonds is 0. The number of hydrogen-bond acceptors (Lipinski definition) is 0. The van der Waals surface area contributed by atoms with E-state index in [2.05, 4.69) is 125 Å². The Labute approximate surface area is 229 Å². The Hall–Kier alpha value is -3.64. The minimum Gasteiger partial charge on any atom is -0.0683 e. The molecule has 1 aliphatic rings. The van der Waals surface area contributed by atoms with Crippen molar-refractivity contribution in [3.05, 3.63) is 108 Å². The van der Waals surface area contributed by atoms with Crippen LogP contribution in [0.5, 0.6) is 0 Å². The molecule has 1 aliphatic carbocycles. The third kappa shape index (κ3) is 4.47. The maximum absolute atomic E-state index is 2.43. The highest BCUT2D eigenvalue weighted by Gasteiger charge is 2.36. The van der Waals surface area contributed by atoms with E-state index in [4.69, 9.17) is 0 Å². The highest BCUT2D eigenvalue weighted by atomic mass is 14.4. The zero-order valence-electron chi connectivity index (χ0n) is 24.4. The molecule has 0 fully saturated rings. The van der Waals surface area contributed by atoms with Gasteiger partial charge in [0.2, 0.25) is 0 Å². The van der Waals surface area contributed by atoms with Crippen molar-refractivity contribution in [2.24, 2.45) is 0 Å². The summed E-state index contributed by atoms with van der Waals surface area (Å²) >= 11 is 0. The molecule has 38 heavy (non-hydrogen) atoms. The largest absolute Gasteiger partial charge is 0.0683 e. The molecule has 0 heteroatoms. The van der Waals surface area contributed by atoms with Gasteiger partial charge in [-0.25, -0.2) is 0 Å². The molecule has 0 spiro atoms. The molecule has 0 bridgehead atoms. The molecule has 0 heterocycles. The van der Waals surface area contributed by atoms with Gasteiger partial charge in [0.1, 0.15) is 0 Å². The van der Waals surface area contributed by atoms with Crippen molar-refractivity contribution in [1.29, 1.82) is 0 Å². The first-order chi connectivity index (χ1) is 18.5. The first-order valence-electron chi connectivity index (χ1n) is 14.4. The van der Waals surface area contributed by atoms with Crippen LogP contribution in [0, 0.1) is 0 Å². The lowest BCUT2D eigenvalue weighted by molar-refractivity contribution is 0.661. The Balaban J connectivity index is 0.000000443. The van der Waals surface area contributed by atoms with Gasteiger partial charge < -0.3 is 0 Å². The summed E-state index contributed by atoms with van der Waals surface area (Å²) < 4.78 is 0. The van der Waals surface area contributed by atoms with Crippen LogP contribution in [0.25, 0.3) is 54.2 Å². The molecule has 0 nitrogen and oxygen atoms in total. The summed E-state index contributed by atoms with van der Waals surface area (Å²) in [5, 5.41) is 10.6. The molecule has 0 unspecified atom stereocenters. The van der Waals surface area contributed by atoms with Crippen molar-refractivity contribution in [1.82, 2.24) is 0 Å². The quantitative estimate of drug-likeness (QED) is 0.144. The van der Waals surface area contributed by atoms with E-state index in [1.54, 1.807) is 0 Å². The SMILES string of the molecule is CC.CC.CC1(C)c2cc3cc4ccccc4cc3cc2-c2c1ccc1c2ccc2ccccc21.CCC. The summed E-state index contributed by atoms with van der Waals surface area (Å²) in [6.07, 6.45) is 1.25. The monoisotopic (exact) mass is 498 g/mol. The summed E-state index contributed by atoms with van der Waals surface area (Å²) in [5.41, 5.74) is 5.67. The van der Waals surface area contributed by atoms with Crippen molar-refractivity contribution in [2.45, 2.75) is 67.2 Å². The molecule has 6 aromatic carbocycles. The lowest BCUT2D eigenvalue weighted by Crippen LogP contribution is -2.14. The van der Waals surface area contributed by atoms with Gasteiger partial charge in [-0.15, -0.1) is 0 Å². The minimum atomic E-state index is -0.00959. The highest BCUT2D eigenvalue weighted by molar-refractivity contribution is 6.15. The second-order valence-corrected chi connectivity index (χ2v) is 10.1. The van der Waals surface area contributed by atoms with Crippen LogP contribution in [0.15, 0.2) is 97.1 Å². The maximum Gasteiger partial charge on any atom is 0.0159 e. The predicted molar refractivity (Wildman–Crippen MR) is 173 cm³/mol. The van der Waals surface area contributed by atoms with Gasteiger partial charge in [-0.1, -0.05) is 135 Å². The van der Waals surface area contributed by atoms with E-state index in [0.29, 0.717) is 0 Å². The summed E-state index contributed by atoms with van der Waals surface area (Å²) in [6, 6.07) is 36.2. The van der Waals surface area contributed by atoms with E-state index in [0.717, 1.165) is 0 Å². The zero-order valence-corrected chi connectivity index (χ0v) is 24.4. The van der Waals surface area contributed by atoms with Crippen molar-refractivity contribution in [2.75, 3.05) is 0 Å². The van der Waals surface area contributed by atoms with Crippen LogP contribution >= 0.6 is 0 Å². The molecule has 0 atom stereocenters. The Morgan fingerprint density at radius 2 is 1.00 bits per heavy atom. The molecule has 0 amide bonds. The van der Waals surface area contributed by atoms with Crippen LogP contribution in [-0.2, 0) is 5.41 Å². The zero-order chi connectivity index (χ0) is 27.4. The second-order valence-electron chi connectivity index (χ2n) is 10.1. The number of hydrogen-bond donors (Lipinski definition) is 0. The molecule has 6 aromatic rings. The molecule has 0 N–H and O–H groups in total. The van der Waals surface area contributed by atoms with Crippen LogP contribution in [-0.4, -0.2) is 0 Å². The van der Waals surface area contributed by atoms with Crippen LogP contribution < -0.4 is 0 Å². The maximum atomic E-state index is 2.43. The smallest absolute Gasteiger partial charge is 0.0159 e. The fraction of sp³-hybridized carbons (Fsp3) is 0.263. The summed E-state index contributed by atoms with van der Waals surface area (Å²) in [4.78, 5) is 0. The van der Waals surface area contributed by atoms with Gasteiger partial charge in [0.05, 0.1) is 0 Å². The average Bonchev–Trinajstić information content (AvgIpc) is 3.19. The molecule has 0 saturated carbocycles. The van der Waals surface area contributed by atoms with Gasteiger partial charge in [0.25, 0.3) is 0 Å². The molecule has 0 aromatic heterocycles. The third-order valence-corrected chi connectivity index (χ3v) is 7.38. The molecular weight excluding hydrogens is 456 g/mol. The molecule has 7 rings (SSSR count). The second kappa shape index (κ2) is 11.4. The molecule has 0 saturated heterocycles.